The van der Waals surface area contributed by atoms with Crippen molar-refractivity contribution in [3.05, 3.63) is 96.1 Å². The fourth-order valence-corrected chi connectivity index (χ4v) is 4.97. The van der Waals surface area contributed by atoms with Crippen molar-refractivity contribution in [2.75, 3.05) is 12.4 Å². The first-order valence-electron chi connectivity index (χ1n) is 12.0. The minimum absolute atomic E-state index is 0.226. The molecule has 1 heterocycles. The maximum Gasteiger partial charge on any atom is 0.250 e. The number of anilines is 1. The summed E-state index contributed by atoms with van der Waals surface area (Å²) in [7, 11) is 1.60. The van der Waals surface area contributed by atoms with Crippen molar-refractivity contribution in [1.29, 1.82) is 5.26 Å². The van der Waals surface area contributed by atoms with Crippen LogP contribution in [-0.2, 0) is 4.79 Å². The first kappa shape index (κ1) is 26.5. The Labute approximate surface area is 225 Å². The van der Waals surface area contributed by atoms with Gasteiger partial charge in [-0.1, -0.05) is 73.3 Å². The van der Waals surface area contributed by atoms with Gasteiger partial charge in [-0.25, -0.2) is 4.98 Å². The lowest BCUT2D eigenvalue weighted by Gasteiger charge is -2.18. The van der Waals surface area contributed by atoms with E-state index in [1.54, 1.807) is 31.4 Å². The Balaban J connectivity index is 1.76. The molecule has 1 aromatic heterocycles. The number of carbonyl (C=O) groups is 2. The molecular formula is C30H26N4O3S. The van der Waals surface area contributed by atoms with Crippen LogP contribution in [0.4, 0.5) is 5.69 Å². The highest BCUT2D eigenvalue weighted by Gasteiger charge is 2.24. The van der Waals surface area contributed by atoms with Gasteiger partial charge in [-0.2, -0.15) is 5.26 Å². The SMILES string of the molecule is CCC(Sc1nc(-c2ccccc2)cc(-c2ccc(OC)cc2)c1C#N)C(=O)Nc1ccccc1C(N)=O. The van der Waals surface area contributed by atoms with E-state index < -0.39 is 11.2 Å². The fourth-order valence-electron chi connectivity index (χ4n) is 3.95. The largest absolute Gasteiger partial charge is 0.497 e. The molecule has 3 aromatic carbocycles. The van der Waals surface area contributed by atoms with Crippen LogP contribution in [0.15, 0.2) is 90.0 Å². The smallest absolute Gasteiger partial charge is 0.250 e. The predicted octanol–water partition coefficient (Wildman–Crippen LogP) is 5.90. The Morgan fingerprint density at radius 3 is 2.34 bits per heavy atom. The molecule has 38 heavy (non-hydrogen) atoms. The highest BCUT2D eigenvalue weighted by atomic mass is 32.2. The molecule has 0 spiro atoms. The summed E-state index contributed by atoms with van der Waals surface area (Å²) in [5.74, 6) is -0.235. The van der Waals surface area contributed by atoms with Crippen LogP contribution in [0.3, 0.4) is 0 Å². The summed E-state index contributed by atoms with van der Waals surface area (Å²) in [6, 6.07) is 27.9. The van der Waals surface area contributed by atoms with Gasteiger partial charge in [-0.05, 0) is 42.3 Å². The zero-order chi connectivity index (χ0) is 27.1. The third kappa shape index (κ3) is 5.85. The molecule has 0 radical (unpaired) electrons. The normalized spacial score (nSPS) is 11.3. The Hall–Kier alpha value is -4.61. The van der Waals surface area contributed by atoms with Crippen molar-refractivity contribution in [1.82, 2.24) is 4.98 Å². The molecule has 4 rings (SSSR count). The van der Waals surface area contributed by atoms with Gasteiger partial charge in [0.2, 0.25) is 5.91 Å². The molecule has 0 aliphatic carbocycles. The number of nitrogens with one attached hydrogen (secondary N) is 1. The summed E-state index contributed by atoms with van der Waals surface area (Å²) in [6.07, 6.45) is 0.467. The van der Waals surface area contributed by atoms with Gasteiger partial charge in [-0.15, -0.1) is 0 Å². The fraction of sp³-hybridized carbons (Fsp3) is 0.133. The Morgan fingerprint density at radius 2 is 1.71 bits per heavy atom. The van der Waals surface area contributed by atoms with Crippen LogP contribution in [0.2, 0.25) is 0 Å². The number of amides is 2. The maximum atomic E-state index is 13.3. The Morgan fingerprint density at radius 1 is 1.03 bits per heavy atom. The van der Waals surface area contributed by atoms with Crippen molar-refractivity contribution in [3.8, 4) is 34.2 Å². The zero-order valence-electron chi connectivity index (χ0n) is 21.0. The molecule has 0 bridgehead atoms. The average molecular weight is 523 g/mol. The second kappa shape index (κ2) is 12.1. The number of carbonyl (C=O) groups excluding carboxylic acids is 2. The van der Waals surface area contributed by atoms with Crippen LogP contribution in [0, 0.1) is 11.3 Å². The number of aromatic nitrogens is 1. The minimum Gasteiger partial charge on any atom is -0.497 e. The highest BCUT2D eigenvalue weighted by Crippen LogP contribution is 2.37. The maximum absolute atomic E-state index is 13.3. The number of thioether (sulfide) groups is 1. The number of benzene rings is 3. The molecule has 2 amide bonds. The number of nitrogens with zero attached hydrogens (tertiary/aromatic N) is 2. The first-order valence-corrected chi connectivity index (χ1v) is 12.8. The number of methoxy groups -OCH3 is 1. The van der Waals surface area contributed by atoms with Gasteiger partial charge in [0.1, 0.15) is 16.8 Å². The summed E-state index contributed by atoms with van der Waals surface area (Å²) in [4.78, 5) is 29.9. The number of hydrogen-bond donors (Lipinski definition) is 2. The molecular weight excluding hydrogens is 496 g/mol. The molecule has 8 heteroatoms. The zero-order valence-corrected chi connectivity index (χ0v) is 21.8. The molecule has 1 atom stereocenters. The van der Waals surface area contributed by atoms with Crippen LogP contribution >= 0.6 is 11.8 Å². The topological polar surface area (TPSA) is 118 Å². The highest BCUT2D eigenvalue weighted by molar-refractivity contribution is 8.00. The number of primary amides is 1. The van der Waals surface area contributed by atoms with E-state index in [0.29, 0.717) is 39.7 Å². The van der Waals surface area contributed by atoms with Gasteiger partial charge in [0.15, 0.2) is 0 Å². The second-order valence-electron chi connectivity index (χ2n) is 8.36. The Bertz CT molecular complexity index is 1500. The van der Waals surface area contributed by atoms with Gasteiger partial charge in [0, 0.05) is 11.1 Å². The van der Waals surface area contributed by atoms with Gasteiger partial charge < -0.3 is 15.8 Å². The average Bonchev–Trinajstić information content (AvgIpc) is 2.96. The van der Waals surface area contributed by atoms with Crippen LogP contribution < -0.4 is 15.8 Å². The summed E-state index contributed by atoms with van der Waals surface area (Å²) >= 11 is 1.22. The minimum atomic E-state index is -0.630. The molecule has 7 nitrogen and oxygen atoms in total. The molecule has 0 saturated carbocycles. The number of nitriles is 1. The van der Waals surface area contributed by atoms with Crippen molar-refractivity contribution >= 4 is 29.3 Å². The third-order valence-corrected chi connectivity index (χ3v) is 7.29. The van der Waals surface area contributed by atoms with E-state index in [9.17, 15) is 14.9 Å². The van der Waals surface area contributed by atoms with E-state index in [1.165, 1.54) is 11.8 Å². The lowest BCUT2D eigenvalue weighted by molar-refractivity contribution is -0.115. The molecule has 0 saturated heterocycles. The van der Waals surface area contributed by atoms with Crippen molar-refractivity contribution in [2.24, 2.45) is 5.73 Å². The van der Waals surface area contributed by atoms with Crippen LogP contribution in [0.25, 0.3) is 22.4 Å². The molecule has 190 valence electrons. The van der Waals surface area contributed by atoms with E-state index in [1.807, 2.05) is 67.6 Å². The van der Waals surface area contributed by atoms with Crippen molar-refractivity contribution in [3.63, 3.8) is 0 Å². The molecule has 0 aliphatic heterocycles. The summed E-state index contributed by atoms with van der Waals surface area (Å²) in [5.41, 5.74) is 9.54. The monoisotopic (exact) mass is 522 g/mol. The van der Waals surface area contributed by atoms with Gasteiger partial charge in [0.05, 0.1) is 34.9 Å². The van der Waals surface area contributed by atoms with Crippen LogP contribution in [0.1, 0.15) is 29.3 Å². The number of nitrogens with two attached hydrogens (primary N) is 1. The molecule has 1 unspecified atom stereocenters. The number of para-hydroxylation sites is 1. The first-order chi connectivity index (χ1) is 18.4. The molecule has 3 N–H and O–H groups in total. The van der Waals surface area contributed by atoms with Gasteiger partial charge >= 0.3 is 0 Å². The lowest BCUT2D eigenvalue weighted by atomic mass is 9.99. The van der Waals surface area contributed by atoms with Gasteiger partial charge in [-0.3, -0.25) is 9.59 Å². The van der Waals surface area contributed by atoms with Crippen LogP contribution in [-0.4, -0.2) is 29.2 Å². The number of rotatable bonds is 9. The quantitative estimate of drug-likeness (QED) is 0.264. The van der Waals surface area contributed by atoms with Crippen molar-refractivity contribution in [2.45, 2.75) is 23.6 Å². The van der Waals surface area contributed by atoms with Crippen molar-refractivity contribution < 1.29 is 14.3 Å². The van der Waals surface area contributed by atoms with E-state index >= 15 is 0 Å². The molecule has 0 aliphatic rings. The number of pyridine rings is 1. The summed E-state index contributed by atoms with van der Waals surface area (Å²) < 4.78 is 5.29. The third-order valence-electron chi connectivity index (χ3n) is 5.94. The standard InChI is InChI=1S/C30H26N4O3S/c1-3-27(29(36)33-25-12-8-7-11-22(25)28(32)35)38-30-24(18-31)23(19-13-15-21(37-2)16-14-19)17-26(34-30)20-9-5-4-6-10-20/h4-17,27H,3H2,1-2H3,(H2,32,35)(H,33,36). The van der Waals surface area contributed by atoms with E-state index in [4.69, 9.17) is 15.5 Å². The van der Waals surface area contributed by atoms with E-state index in [0.717, 1.165) is 11.1 Å². The summed E-state index contributed by atoms with van der Waals surface area (Å²) in [6.45, 7) is 1.88. The van der Waals surface area contributed by atoms with E-state index in [2.05, 4.69) is 11.4 Å². The molecule has 4 aromatic rings. The van der Waals surface area contributed by atoms with E-state index in [-0.39, 0.29) is 11.5 Å². The number of ether oxygens (including phenoxy) is 1. The van der Waals surface area contributed by atoms with Gasteiger partial charge in [0.25, 0.3) is 5.91 Å². The Kier molecular flexibility index (Phi) is 8.41. The van der Waals surface area contributed by atoms with Crippen LogP contribution in [0.5, 0.6) is 5.75 Å². The second-order valence-corrected chi connectivity index (χ2v) is 9.55. The lowest BCUT2D eigenvalue weighted by Crippen LogP contribution is -2.26. The predicted molar refractivity (Wildman–Crippen MR) is 150 cm³/mol. The summed E-state index contributed by atoms with van der Waals surface area (Å²) in [5, 5.41) is 12.9. The molecule has 0 fully saturated rings. The number of hydrogen-bond acceptors (Lipinski definition) is 6.